The first-order valence-electron chi connectivity index (χ1n) is 7.41. The number of nitrogens with one attached hydrogen (secondary N) is 1. The van der Waals surface area contributed by atoms with Gasteiger partial charge in [-0.15, -0.1) is 0 Å². The van der Waals surface area contributed by atoms with Crippen molar-refractivity contribution in [2.75, 3.05) is 11.9 Å². The summed E-state index contributed by atoms with van der Waals surface area (Å²) < 4.78 is 46.8. The van der Waals surface area contributed by atoms with E-state index in [-0.39, 0.29) is 11.4 Å². The van der Waals surface area contributed by atoms with E-state index in [1.165, 1.54) is 18.5 Å². The van der Waals surface area contributed by atoms with E-state index in [2.05, 4.69) is 20.3 Å². The molecule has 0 spiro atoms. The summed E-state index contributed by atoms with van der Waals surface area (Å²) in [6.45, 7) is -1.77. The molecule has 0 saturated carbocycles. The van der Waals surface area contributed by atoms with Gasteiger partial charge in [-0.2, -0.15) is 18.3 Å². The molecule has 0 bridgehead atoms. The van der Waals surface area contributed by atoms with Crippen LogP contribution >= 0.6 is 0 Å². The molecule has 0 unspecified atom stereocenters. The van der Waals surface area contributed by atoms with Crippen molar-refractivity contribution in [3.05, 3.63) is 54.5 Å². The summed E-state index contributed by atoms with van der Waals surface area (Å²) in [6, 6.07) is 10.6. The molecule has 0 atom stereocenters. The molecule has 3 rings (SSSR count). The Morgan fingerprint density at radius 2 is 2.04 bits per heavy atom. The number of alkyl halides is 3. The third-order valence-electron chi connectivity index (χ3n) is 3.18. The van der Waals surface area contributed by atoms with Gasteiger partial charge in [0.15, 0.2) is 11.5 Å². The summed E-state index contributed by atoms with van der Waals surface area (Å²) in [5.74, 6) is -0.0984. The van der Waals surface area contributed by atoms with Crippen LogP contribution in [0.1, 0.15) is 10.5 Å². The molecule has 7 nitrogen and oxygen atoms in total. The van der Waals surface area contributed by atoms with Gasteiger partial charge in [0, 0.05) is 11.6 Å². The van der Waals surface area contributed by atoms with Crippen molar-refractivity contribution in [1.82, 2.24) is 14.9 Å². The Morgan fingerprint density at radius 3 is 2.77 bits per heavy atom. The largest absolute Gasteiger partial charge is 0.411 e. The lowest BCUT2D eigenvalue weighted by atomic mass is 10.1. The smallest absolute Gasteiger partial charge is 0.355 e. The maximum Gasteiger partial charge on any atom is 0.411 e. The summed E-state index contributed by atoms with van der Waals surface area (Å²) >= 11 is 0. The minimum absolute atomic E-state index is 0.0601. The first kappa shape index (κ1) is 17.7. The number of hydrogen-bond donors (Lipinski definition) is 1. The number of benzene rings is 1. The van der Waals surface area contributed by atoms with Crippen LogP contribution in [-0.2, 0) is 11.5 Å². The normalized spacial score (nSPS) is 11.5. The van der Waals surface area contributed by atoms with E-state index in [0.717, 1.165) is 10.2 Å². The molecule has 2 heterocycles. The summed E-state index contributed by atoms with van der Waals surface area (Å²) in [5, 5.41) is 10.0. The van der Waals surface area contributed by atoms with Gasteiger partial charge in [0.2, 0.25) is 0 Å². The Morgan fingerprint density at radius 1 is 1.27 bits per heavy atom. The SMILES string of the molecule is O=C(Nc1cnn(COCC(F)(F)F)c1)c1cc(-c2ccccc2)on1. The Kier molecular flexibility index (Phi) is 5.03. The van der Waals surface area contributed by atoms with Gasteiger partial charge >= 0.3 is 6.18 Å². The van der Waals surface area contributed by atoms with Gasteiger partial charge in [-0.05, 0) is 0 Å². The van der Waals surface area contributed by atoms with Crippen molar-refractivity contribution < 1.29 is 27.2 Å². The second kappa shape index (κ2) is 7.40. The predicted octanol–water partition coefficient (Wildman–Crippen LogP) is 3.33. The zero-order valence-electron chi connectivity index (χ0n) is 13.2. The van der Waals surface area contributed by atoms with Crippen molar-refractivity contribution >= 4 is 11.6 Å². The van der Waals surface area contributed by atoms with Gasteiger partial charge in [0.1, 0.15) is 13.3 Å². The number of anilines is 1. The zero-order chi connectivity index (χ0) is 18.6. The van der Waals surface area contributed by atoms with Gasteiger partial charge in [-0.1, -0.05) is 35.5 Å². The second-order valence-corrected chi connectivity index (χ2v) is 5.26. The Hall–Kier alpha value is -3.14. The molecule has 0 aliphatic rings. The molecule has 136 valence electrons. The van der Waals surface area contributed by atoms with Crippen LogP contribution in [0.5, 0.6) is 0 Å². The van der Waals surface area contributed by atoms with E-state index in [4.69, 9.17) is 4.52 Å². The molecular formula is C16H13F3N4O3. The third kappa shape index (κ3) is 4.70. The topological polar surface area (TPSA) is 82.2 Å². The number of hydrogen-bond acceptors (Lipinski definition) is 5. The highest BCUT2D eigenvalue weighted by atomic mass is 19.4. The first-order valence-corrected chi connectivity index (χ1v) is 7.41. The van der Waals surface area contributed by atoms with Gasteiger partial charge in [-0.3, -0.25) is 4.79 Å². The number of carbonyl (C=O) groups is 1. The minimum atomic E-state index is -4.41. The highest BCUT2D eigenvalue weighted by Gasteiger charge is 2.27. The van der Waals surface area contributed by atoms with Gasteiger partial charge in [0.25, 0.3) is 5.91 Å². The van der Waals surface area contributed by atoms with Gasteiger partial charge < -0.3 is 14.6 Å². The lowest BCUT2D eigenvalue weighted by Gasteiger charge is -2.07. The van der Waals surface area contributed by atoms with Gasteiger partial charge in [0.05, 0.1) is 18.1 Å². The van der Waals surface area contributed by atoms with E-state index in [1.54, 1.807) is 0 Å². The molecule has 1 N–H and O–H groups in total. The van der Waals surface area contributed by atoms with Crippen LogP contribution in [0.2, 0.25) is 0 Å². The second-order valence-electron chi connectivity index (χ2n) is 5.26. The standard InChI is InChI=1S/C16H13F3N4O3/c17-16(18,19)9-25-10-23-8-12(7-20-23)21-15(24)13-6-14(26-22-13)11-4-2-1-3-5-11/h1-8H,9-10H2,(H,21,24). The van der Waals surface area contributed by atoms with E-state index >= 15 is 0 Å². The zero-order valence-corrected chi connectivity index (χ0v) is 13.2. The molecule has 0 saturated heterocycles. The summed E-state index contributed by atoms with van der Waals surface area (Å²) in [4.78, 5) is 12.2. The molecular weight excluding hydrogens is 353 g/mol. The summed E-state index contributed by atoms with van der Waals surface area (Å²) in [6.07, 6.45) is -1.78. The van der Waals surface area contributed by atoms with Crippen LogP contribution in [0.4, 0.5) is 18.9 Å². The average Bonchev–Trinajstić information content (AvgIpc) is 3.24. The van der Waals surface area contributed by atoms with Crippen LogP contribution < -0.4 is 5.32 Å². The molecule has 2 aromatic heterocycles. The fourth-order valence-electron chi connectivity index (χ4n) is 2.07. The molecule has 0 radical (unpaired) electrons. The Balaban J connectivity index is 1.58. The quantitative estimate of drug-likeness (QED) is 0.724. The average molecular weight is 366 g/mol. The van der Waals surface area contributed by atoms with E-state index < -0.39 is 25.4 Å². The van der Waals surface area contributed by atoms with Crippen molar-refractivity contribution in [1.29, 1.82) is 0 Å². The number of halogens is 3. The van der Waals surface area contributed by atoms with Crippen molar-refractivity contribution in [3.63, 3.8) is 0 Å². The van der Waals surface area contributed by atoms with E-state index in [1.807, 2.05) is 30.3 Å². The van der Waals surface area contributed by atoms with Crippen molar-refractivity contribution in [2.45, 2.75) is 12.9 Å². The highest BCUT2D eigenvalue weighted by Crippen LogP contribution is 2.20. The van der Waals surface area contributed by atoms with Gasteiger partial charge in [-0.25, -0.2) is 4.68 Å². The lowest BCUT2D eigenvalue weighted by Crippen LogP contribution is -2.18. The molecule has 1 amide bonds. The monoisotopic (exact) mass is 366 g/mol. The van der Waals surface area contributed by atoms with Crippen LogP contribution in [0.15, 0.2) is 53.3 Å². The Labute approximate surface area is 145 Å². The number of nitrogens with zero attached hydrogens (tertiary/aromatic N) is 3. The molecule has 3 aromatic rings. The van der Waals surface area contributed by atoms with Crippen LogP contribution in [0, 0.1) is 0 Å². The molecule has 0 aliphatic heterocycles. The number of aromatic nitrogens is 3. The van der Waals surface area contributed by atoms with Crippen LogP contribution in [0.25, 0.3) is 11.3 Å². The Bertz CT molecular complexity index is 874. The molecule has 1 aromatic carbocycles. The van der Waals surface area contributed by atoms with Crippen molar-refractivity contribution in [2.24, 2.45) is 0 Å². The number of amides is 1. The van der Waals surface area contributed by atoms with E-state index in [0.29, 0.717) is 5.76 Å². The fraction of sp³-hybridized carbons (Fsp3) is 0.188. The van der Waals surface area contributed by atoms with Crippen LogP contribution in [0.3, 0.4) is 0 Å². The number of carbonyl (C=O) groups excluding carboxylic acids is 1. The summed E-state index contributed by atoms with van der Waals surface area (Å²) in [5.41, 5.74) is 1.12. The van der Waals surface area contributed by atoms with Crippen LogP contribution in [-0.4, -0.2) is 33.6 Å². The van der Waals surface area contributed by atoms with Crippen molar-refractivity contribution in [3.8, 4) is 11.3 Å². The van der Waals surface area contributed by atoms with E-state index in [9.17, 15) is 18.0 Å². The molecule has 0 fully saturated rings. The first-order chi connectivity index (χ1) is 12.4. The lowest BCUT2D eigenvalue weighted by molar-refractivity contribution is -0.182. The predicted molar refractivity (Wildman–Crippen MR) is 84.1 cm³/mol. The number of rotatable bonds is 6. The third-order valence-corrected chi connectivity index (χ3v) is 3.18. The maximum absolute atomic E-state index is 12.2. The summed E-state index contributed by atoms with van der Waals surface area (Å²) in [7, 11) is 0. The molecule has 0 aliphatic carbocycles. The highest BCUT2D eigenvalue weighted by molar-refractivity contribution is 6.03. The maximum atomic E-state index is 12.2. The minimum Gasteiger partial charge on any atom is -0.355 e. The fourth-order valence-corrected chi connectivity index (χ4v) is 2.07. The number of ether oxygens (including phenoxy) is 1. The molecule has 26 heavy (non-hydrogen) atoms. The molecule has 10 heteroatoms.